The van der Waals surface area contributed by atoms with Crippen molar-refractivity contribution >= 4 is 16.3 Å². The Morgan fingerprint density at radius 1 is 0.833 bits per heavy atom. The molecule has 6 N–H and O–H groups in total. The fraction of sp³-hybridized carbons (Fsp3) is 0. The van der Waals surface area contributed by atoms with Crippen LogP contribution in [0.15, 0.2) is 0 Å². The minimum atomic E-state index is 0. The third-order valence-corrected chi connectivity index (χ3v) is 0. The molecule has 0 rings (SSSR count). The van der Waals surface area contributed by atoms with E-state index in [0.717, 1.165) is 0 Å². The van der Waals surface area contributed by atoms with Crippen molar-refractivity contribution < 1.29 is 50.2 Å². The molecule has 4 nitrogen and oxygen atoms in total. The van der Waals surface area contributed by atoms with Crippen molar-refractivity contribution in [2.75, 3.05) is 0 Å². The first-order valence-corrected chi connectivity index (χ1v) is 0.802. The molecule has 0 aromatic carbocycles. The van der Waals surface area contributed by atoms with Crippen molar-refractivity contribution in [1.29, 1.82) is 0 Å². The predicted octanol–water partition coefficient (Wildman–Crippen LogP) is -5.81. The maximum atomic E-state index is 8.06. The summed E-state index contributed by atoms with van der Waals surface area (Å²) in [6.07, 6.45) is 0. The van der Waals surface area contributed by atoms with Crippen molar-refractivity contribution in [3.8, 4) is 0 Å². The normalized spacial score (nSPS) is 1.00. The van der Waals surface area contributed by atoms with Crippen molar-refractivity contribution in [3.05, 3.63) is 0 Å². The summed E-state index contributed by atoms with van der Waals surface area (Å²) in [7, 11) is 0. The van der Waals surface area contributed by atoms with Gasteiger partial charge in [0, 0.05) is 0 Å². The molecular formula is H6BrNaO4. The molecule has 0 aromatic heterocycles. The van der Waals surface area contributed by atoms with Gasteiger partial charge in [0.2, 0.25) is 0 Å². The first-order chi connectivity index (χ1) is 1.00. The second-order valence-corrected chi connectivity index (χ2v) is 0. The molecule has 0 fully saturated rings. The Morgan fingerprint density at radius 3 is 0.833 bits per heavy atom. The summed E-state index contributed by atoms with van der Waals surface area (Å²) in [5.41, 5.74) is 0. The van der Waals surface area contributed by atoms with Crippen molar-refractivity contribution in [1.82, 2.24) is 0 Å². The molecular weight excluding hydrogens is 167 g/mol. The van der Waals surface area contributed by atoms with Gasteiger partial charge in [-0.1, -0.05) is 0 Å². The van der Waals surface area contributed by atoms with Gasteiger partial charge in [0.1, 0.15) is 0 Å². The van der Waals surface area contributed by atoms with E-state index in [2.05, 4.69) is 0 Å². The molecule has 0 atom stereocenters. The summed E-state index contributed by atoms with van der Waals surface area (Å²) in [6.45, 7) is 0. The quantitative estimate of drug-likeness (QED) is 0.333. The largest absolute Gasteiger partial charge is 1.00 e. The fourth-order valence-corrected chi connectivity index (χ4v) is 0. The first-order valence-electron chi connectivity index (χ1n) is 0.154. The van der Waals surface area contributed by atoms with Crippen molar-refractivity contribution in [2.24, 2.45) is 0 Å². The second-order valence-electron chi connectivity index (χ2n) is 0. The van der Waals surface area contributed by atoms with E-state index in [4.69, 9.17) is 4.20 Å². The molecule has 0 aliphatic rings. The van der Waals surface area contributed by atoms with Gasteiger partial charge in [0.15, 0.2) is 0 Å². The van der Waals surface area contributed by atoms with Crippen LogP contribution < -0.4 is 33.8 Å². The summed E-state index contributed by atoms with van der Waals surface area (Å²) in [4.78, 5) is 0. The molecule has 0 amide bonds. The summed E-state index contributed by atoms with van der Waals surface area (Å²) < 4.78 is 8.06. The van der Waals surface area contributed by atoms with Crippen LogP contribution in [0, 0.1) is 0 Å². The van der Waals surface area contributed by atoms with Gasteiger partial charge in [-0.15, -0.1) is 0 Å². The summed E-state index contributed by atoms with van der Waals surface area (Å²) in [5, 5.41) is 0. The molecule has 0 saturated heterocycles. The summed E-state index contributed by atoms with van der Waals surface area (Å²) in [6, 6.07) is 0. The number of hydrogen-bond acceptors (Lipinski definition) is 1. The zero-order valence-electron chi connectivity index (χ0n) is 3.29. The predicted molar refractivity (Wildman–Crippen MR) is 19.8 cm³/mol. The van der Waals surface area contributed by atoms with Crippen molar-refractivity contribution in [2.45, 2.75) is 0 Å². The summed E-state index contributed by atoms with van der Waals surface area (Å²) in [5.74, 6) is 0. The third-order valence-electron chi connectivity index (χ3n) is 0. The van der Waals surface area contributed by atoms with Gasteiger partial charge in [-0.25, -0.2) is 16.3 Å². The smallest absolute Gasteiger partial charge is 0.791 e. The monoisotopic (exact) mass is 172 g/mol. The van der Waals surface area contributed by atoms with Gasteiger partial charge in [0.25, 0.3) is 0 Å². The van der Waals surface area contributed by atoms with E-state index in [9.17, 15) is 0 Å². The van der Waals surface area contributed by atoms with Crippen LogP contribution in [0.1, 0.15) is 0 Å². The summed E-state index contributed by atoms with van der Waals surface area (Å²) >= 11 is 1.69. The van der Waals surface area contributed by atoms with Crippen LogP contribution in [0.2, 0.25) is 0 Å². The van der Waals surface area contributed by atoms with Gasteiger partial charge in [0.05, 0.1) is 0 Å². The van der Waals surface area contributed by atoms with Crippen LogP contribution in [0.4, 0.5) is 0 Å². The van der Waals surface area contributed by atoms with Crippen LogP contribution in [-0.4, -0.2) is 16.4 Å². The maximum Gasteiger partial charge on any atom is 1.00 e. The molecule has 38 valence electrons. The van der Waals surface area contributed by atoms with Crippen LogP contribution in [-0.2, 0) is 0 Å². The zero-order chi connectivity index (χ0) is 2.00. The van der Waals surface area contributed by atoms with Crippen molar-refractivity contribution in [3.63, 3.8) is 0 Å². The van der Waals surface area contributed by atoms with Gasteiger partial charge in [-0.05, 0) is 0 Å². The molecule has 6 heteroatoms. The standard InChI is InChI=1S/BrO.Na.3H2O/c1-2;;;;/h;;3*1H2/q-1;+1;;;. The van der Waals surface area contributed by atoms with E-state index in [-0.39, 0.29) is 46.0 Å². The van der Waals surface area contributed by atoms with Crippen LogP contribution in [0.5, 0.6) is 0 Å². The molecule has 0 radical (unpaired) electrons. The van der Waals surface area contributed by atoms with Crippen LogP contribution in [0.3, 0.4) is 0 Å². The molecule has 0 saturated carbocycles. The SMILES string of the molecule is O.O.O.[Na+].[O-]Br. The van der Waals surface area contributed by atoms with Gasteiger partial charge >= 0.3 is 29.6 Å². The Balaban J connectivity index is -0.000000000833. The Labute approximate surface area is 66.2 Å². The Morgan fingerprint density at radius 2 is 0.833 bits per heavy atom. The van der Waals surface area contributed by atoms with E-state index in [1.807, 2.05) is 0 Å². The molecule has 0 aliphatic carbocycles. The number of rotatable bonds is 0. The van der Waals surface area contributed by atoms with Crippen LogP contribution in [0.25, 0.3) is 0 Å². The molecule has 0 heterocycles. The Bertz CT molecular complexity index is 7.51. The van der Waals surface area contributed by atoms with E-state index in [1.54, 1.807) is 16.3 Å². The minimum Gasteiger partial charge on any atom is -0.791 e. The van der Waals surface area contributed by atoms with E-state index < -0.39 is 0 Å². The maximum absolute atomic E-state index is 8.06. The fourth-order valence-electron chi connectivity index (χ4n) is 0. The van der Waals surface area contributed by atoms with Gasteiger partial charge < -0.3 is 20.6 Å². The number of hydrogen-bond donors (Lipinski definition) is 0. The number of halogens is 1. The Hall–Kier alpha value is 1.32. The van der Waals surface area contributed by atoms with E-state index in [1.165, 1.54) is 0 Å². The third kappa shape index (κ3) is 57.0. The molecule has 0 bridgehead atoms. The average Bonchev–Trinajstić information content (AvgIpc) is 1.00. The first kappa shape index (κ1) is 54.3. The molecule has 0 unspecified atom stereocenters. The molecule has 0 aliphatic heterocycles. The Kier molecular flexibility index (Phi) is 929. The second kappa shape index (κ2) is 103. The van der Waals surface area contributed by atoms with Gasteiger partial charge in [-0.2, -0.15) is 0 Å². The van der Waals surface area contributed by atoms with Gasteiger partial charge in [-0.3, -0.25) is 0 Å². The molecule has 0 spiro atoms. The zero-order valence-corrected chi connectivity index (χ0v) is 6.87. The minimum absolute atomic E-state index is 0. The average molecular weight is 173 g/mol. The molecule has 0 aromatic rings. The van der Waals surface area contributed by atoms with Crippen LogP contribution >= 0.6 is 16.3 Å². The van der Waals surface area contributed by atoms with E-state index >= 15 is 0 Å². The van der Waals surface area contributed by atoms with E-state index in [0.29, 0.717) is 0 Å². The molecule has 6 heavy (non-hydrogen) atoms. The topological polar surface area (TPSA) is 118 Å².